The summed E-state index contributed by atoms with van der Waals surface area (Å²) in [6.07, 6.45) is 0. The molecule has 0 aliphatic carbocycles. The van der Waals surface area contributed by atoms with E-state index in [1.165, 1.54) is 0 Å². The molecule has 2 N–H and O–H groups in total. The van der Waals surface area contributed by atoms with Crippen molar-refractivity contribution in [3.63, 3.8) is 0 Å². The van der Waals surface area contributed by atoms with E-state index < -0.39 is 25.4 Å². The third-order valence-corrected chi connectivity index (χ3v) is 6.07. The van der Waals surface area contributed by atoms with Gasteiger partial charge in [-0.3, -0.25) is 4.21 Å². The van der Waals surface area contributed by atoms with Crippen molar-refractivity contribution in [2.45, 2.75) is 25.5 Å². The van der Waals surface area contributed by atoms with E-state index in [0.29, 0.717) is 12.3 Å². The Bertz CT molecular complexity index is 290. The normalized spacial score (nSPS) is 15.4. The van der Waals surface area contributed by atoms with Crippen molar-refractivity contribution >= 4 is 20.6 Å². The molecule has 0 aliphatic heterocycles. The molecule has 0 aliphatic rings. The predicted molar refractivity (Wildman–Crippen MR) is 60.5 cm³/mol. The average molecular weight is 241 g/mol. The van der Waals surface area contributed by atoms with Crippen LogP contribution in [0.15, 0.2) is 0 Å². The van der Waals surface area contributed by atoms with Gasteiger partial charge in [0.05, 0.1) is 10.5 Å². The van der Waals surface area contributed by atoms with Gasteiger partial charge in [0.25, 0.3) is 0 Å². The van der Waals surface area contributed by atoms with Crippen molar-refractivity contribution in [2.24, 2.45) is 5.73 Å². The molecule has 86 valence electrons. The lowest BCUT2D eigenvalue weighted by atomic mass is 10.3. The summed E-state index contributed by atoms with van der Waals surface area (Å²) in [5.41, 5.74) is 5.21. The fourth-order valence-electron chi connectivity index (χ4n) is 0.742. The van der Waals surface area contributed by atoms with Crippen LogP contribution in [-0.4, -0.2) is 41.2 Å². The van der Waals surface area contributed by atoms with Gasteiger partial charge >= 0.3 is 0 Å². The minimum absolute atomic E-state index is 0.0247. The van der Waals surface area contributed by atoms with E-state index in [0.717, 1.165) is 0 Å². The highest BCUT2D eigenvalue weighted by atomic mass is 32.2. The van der Waals surface area contributed by atoms with Gasteiger partial charge in [0.1, 0.15) is 0 Å². The molecule has 0 bridgehead atoms. The van der Waals surface area contributed by atoms with Gasteiger partial charge in [-0.05, 0) is 20.8 Å². The Kier molecular flexibility index (Phi) is 5.25. The van der Waals surface area contributed by atoms with Gasteiger partial charge in [-0.2, -0.15) is 0 Å². The monoisotopic (exact) mass is 241 g/mol. The number of hydrogen-bond acceptors (Lipinski definition) is 4. The zero-order valence-electron chi connectivity index (χ0n) is 8.95. The van der Waals surface area contributed by atoms with E-state index in [1.54, 1.807) is 20.8 Å². The molecule has 0 amide bonds. The van der Waals surface area contributed by atoms with Crippen LogP contribution in [0.25, 0.3) is 0 Å². The van der Waals surface area contributed by atoms with Gasteiger partial charge in [0, 0.05) is 28.9 Å². The Morgan fingerprint density at radius 1 is 1.21 bits per heavy atom. The number of nitrogens with two attached hydrogens (primary N) is 1. The van der Waals surface area contributed by atoms with Crippen LogP contribution in [0.2, 0.25) is 0 Å². The van der Waals surface area contributed by atoms with Gasteiger partial charge in [-0.1, -0.05) is 0 Å². The average Bonchev–Trinajstić information content (AvgIpc) is 1.99. The minimum Gasteiger partial charge on any atom is -0.330 e. The standard InChI is InChI=1S/C8H19NO3S2/c1-8(2,3)14(11,12)7-6-13(10)5-4-9/h4-7,9H2,1-3H3. The second-order valence-electron chi connectivity index (χ2n) is 4.07. The first-order valence-corrected chi connectivity index (χ1v) is 7.62. The number of hydrogen-bond donors (Lipinski definition) is 1. The summed E-state index contributed by atoms with van der Waals surface area (Å²) < 4.78 is 33.6. The van der Waals surface area contributed by atoms with Crippen LogP contribution in [-0.2, 0) is 20.6 Å². The first-order chi connectivity index (χ1) is 6.20. The summed E-state index contributed by atoms with van der Waals surface area (Å²) in [5.74, 6) is 0.541. The van der Waals surface area contributed by atoms with Gasteiger partial charge in [-0.15, -0.1) is 0 Å². The van der Waals surface area contributed by atoms with Crippen LogP contribution >= 0.6 is 0 Å². The van der Waals surface area contributed by atoms with E-state index in [9.17, 15) is 12.6 Å². The molecule has 0 fully saturated rings. The van der Waals surface area contributed by atoms with Gasteiger partial charge in [0.2, 0.25) is 0 Å². The van der Waals surface area contributed by atoms with Crippen molar-refractivity contribution in [3.8, 4) is 0 Å². The van der Waals surface area contributed by atoms with Crippen molar-refractivity contribution in [1.82, 2.24) is 0 Å². The van der Waals surface area contributed by atoms with E-state index in [4.69, 9.17) is 5.73 Å². The highest BCUT2D eigenvalue weighted by Gasteiger charge is 2.28. The zero-order chi connectivity index (χ0) is 11.4. The lowest BCUT2D eigenvalue weighted by Gasteiger charge is -2.18. The first-order valence-electron chi connectivity index (χ1n) is 4.48. The highest BCUT2D eigenvalue weighted by molar-refractivity contribution is 7.94. The maximum Gasteiger partial charge on any atom is 0.156 e. The zero-order valence-corrected chi connectivity index (χ0v) is 10.6. The van der Waals surface area contributed by atoms with Crippen molar-refractivity contribution in [1.29, 1.82) is 0 Å². The molecular weight excluding hydrogens is 222 g/mol. The summed E-state index contributed by atoms with van der Waals surface area (Å²) >= 11 is 0. The molecule has 0 rings (SSSR count). The fraction of sp³-hybridized carbons (Fsp3) is 1.00. The Morgan fingerprint density at radius 2 is 1.71 bits per heavy atom. The first kappa shape index (κ1) is 14.1. The van der Waals surface area contributed by atoms with Crippen LogP contribution in [0.1, 0.15) is 20.8 Å². The summed E-state index contributed by atoms with van der Waals surface area (Å²) in [6, 6.07) is 0. The SMILES string of the molecule is CC(C)(C)S(=O)(=O)CCS(=O)CCN. The molecule has 6 heteroatoms. The van der Waals surface area contributed by atoms with Crippen LogP contribution in [0.5, 0.6) is 0 Å². The van der Waals surface area contributed by atoms with Crippen molar-refractivity contribution in [3.05, 3.63) is 0 Å². The largest absolute Gasteiger partial charge is 0.330 e. The molecule has 14 heavy (non-hydrogen) atoms. The summed E-state index contributed by atoms with van der Waals surface area (Å²) in [7, 11) is -4.25. The molecule has 0 spiro atoms. The maximum absolute atomic E-state index is 11.6. The molecule has 1 unspecified atom stereocenters. The van der Waals surface area contributed by atoms with Crippen molar-refractivity contribution < 1.29 is 12.6 Å². The number of sulfone groups is 1. The van der Waals surface area contributed by atoms with E-state index in [-0.39, 0.29) is 11.5 Å². The van der Waals surface area contributed by atoms with Crippen LogP contribution in [0.3, 0.4) is 0 Å². The third kappa shape index (κ3) is 4.52. The maximum atomic E-state index is 11.6. The minimum atomic E-state index is -3.14. The topological polar surface area (TPSA) is 77.2 Å². The molecule has 0 saturated heterocycles. The molecule has 0 aromatic rings. The molecule has 0 heterocycles. The molecule has 4 nitrogen and oxygen atoms in total. The molecule has 1 atom stereocenters. The summed E-state index contributed by atoms with van der Waals surface area (Å²) in [6.45, 7) is 5.28. The molecule has 0 aromatic carbocycles. The van der Waals surface area contributed by atoms with Crippen LogP contribution < -0.4 is 5.73 Å². The quantitative estimate of drug-likeness (QED) is 0.729. The Hall–Kier alpha value is 0.0600. The van der Waals surface area contributed by atoms with Gasteiger partial charge in [0.15, 0.2) is 9.84 Å². The molecular formula is C8H19NO3S2. The second kappa shape index (κ2) is 5.23. The van der Waals surface area contributed by atoms with E-state index >= 15 is 0 Å². The van der Waals surface area contributed by atoms with Crippen LogP contribution in [0, 0.1) is 0 Å². The van der Waals surface area contributed by atoms with E-state index in [2.05, 4.69) is 0 Å². The molecule has 0 aromatic heterocycles. The predicted octanol–water partition coefficient (Wildman–Crippen LogP) is -0.0929. The third-order valence-electron chi connectivity index (χ3n) is 1.86. The van der Waals surface area contributed by atoms with Gasteiger partial charge in [-0.25, -0.2) is 8.42 Å². The van der Waals surface area contributed by atoms with Crippen molar-refractivity contribution in [2.75, 3.05) is 23.8 Å². The second-order valence-corrected chi connectivity index (χ2v) is 8.63. The molecule has 0 saturated carbocycles. The summed E-state index contributed by atoms with van der Waals surface area (Å²) in [5, 5.41) is 0. The number of rotatable bonds is 5. The fourth-order valence-corrected chi connectivity index (χ4v) is 3.44. The van der Waals surface area contributed by atoms with Gasteiger partial charge < -0.3 is 5.73 Å². The van der Waals surface area contributed by atoms with Crippen LogP contribution in [0.4, 0.5) is 0 Å². The van der Waals surface area contributed by atoms with E-state index in [1.807, 2.05) is 0 Å². The Balaban J connectivity index is 4.22. The lowest BCUT2D eigenvalue weighted by Crippen LogP contribution is -2.32. The Morgan fingerprint density at radius 3 is 2.07 bits per heavy atom. The molecule has 0 radical (unpaired) electrons. The highest BCUT2D eigenvalue weighted by Crippen LogP contribution is 2.15. The smallest absolute Gasteiger partial charge is 0.156 e. The Labute approximate surface area is 88.6 Å². The lowest BCUT2D eigenvalue weighted by molar-refractivity contribution is 0.561. The summed E-state index contributed by atoms with van der Waals surface area (Å²) in [4.78, 5) is 0.